The van der Waals surface area contributed by atoms with Crippen LogP contribution in [0.15, 0.2) is 24.3 Å². The molecule has 1 saturated heterocycles. The molecule has 2 heteroatoms. The highest BCUT2D eigenvalue weighted by Crippen LogP contribution is 2.78. The predicted octanol–water partition coefficient (Wildman–Crippen LogP) is 2.41. The number of fused-ring (bicyclic) bond motifs is 2. The van der Waals surface area contributed by atoms with Crippen molar-refractivity contribution < 1.29 is 9.53 Å². The molecule has 0 N–H and O–H groups in total. The maximum absolute atomic E-state index is 11.5. The summed E-state index contributed by atoms with van der Waals surface area (Å²) >= 11 is 0. The molecule has 1 spiro atoms. The Balaban J connectivity index is 1.95. The fourth-order valence-electron chi connectivity index (χ4n) is 4.09. The van der Waals surface area contributed by atoms with Crippen molar-refractivity contribution in [3.8, 4) is 0 Å². The smallest absolute Gasteiger partial charge is 0.307 e. The number of hydrogen-bond acceptors (Lipinski definition) is 2. The molecule has 3 atom stereocenters. The summed E-state index contributed by atoms with van der Waals surface area (Å²) in [4.78, 5) is 11.5. The number of aryl methyl sites for hydroxylation is 1. The van der Waals surface area contributed by atoms with E-state index in [2.05, 4.69) is 31.2 Å². The van der Waals surface area contributed by atoms with Gasteiger partial charge in [0.2, 0.25) is 0 Å². The van der Waals surface area contributed by atoms with Crippen molar-refractivity contribution >= 4 is 5.97 Å². The van der Waals surface area contributed by atoms with Gasteiger partial charge < -0.3 is 4.74 Å². The molecular formula is C14H14O2. The van der Waals surface area contributed by atoms with Crippen molar-refractivity contribution in [2.45, 2.75) is 31.8 Å². The SMILES string of the molecule is C[C@@]12CCc3ccccc3[C@@]13OC(=O)C[C@@H]23. The molecule has 1 aromatic carbocycles. The molecule has 0 amide bonds. The molecule has 2 aliphatic carbocycles. The number of carbonyl (C=O) groups excluding carboxylic acids is 1. The molecular weight excluding hydrogens is 200 g/mol. The van der Waals surface area contributed by atoms with E-state index in [9.17, 15) is 4.79 Å². The molecule has 1 aromatic rings. The average molecular weight is 214 g/mol. The lowest BCUT2D eigenvalue weighted by Crippen LogP contribution is -2.27. The van der Waals surface area contributed by atoms with Crippen LogP contribution in [-0.2, 0) is 21.6 Å². The Kier molecular flexibility index (Phi) is 1.29. The Morgan fingerprint density at radius 2 is 2.19 bits per heavy atom. The normalized spacial score (nSPS) is 43.1. The van der Waals surface area contributed by atoms with E-state index in [1.165, 1.54) is 11.1 Å². The van der Waals surface area contributed by atoms with E-state index < -0.39 is 0 Å². The maximum atomic E-state index is 11.5. The Hall–Kier alpha value is -1.31. The second-order valence-corrected chi connectivity index (χ2v) is 5.54. The molecule has 4 rings (SSSR count). The summed E-state index contributed by atoms with van der Waals surface area (Å²) in [5.41, 5.74) is 2.62. The third-order valence-corrected chi connectivity index (χ3v) is 5.00. The second-order valence-electron chi connectivity index (χ2n) is 5.54. The standard InChI is InChI=1S/C14H14O2/c1-13-7-6-9-4-2-3-5-10(9)14(13)11(13)8-12(15)16-14/h2-5,11H,6-8H2,1H3/t11-,13-,14-/m0/s1. The summed E-state index contributed by atoms with van der Waals surface area (Å²) in [5.74, 6) is 0.412. The first kappa shape index (κ1) is 8.80. The number of ether oxygens (including phenoxy) is 1. The topological polar surface area (TPSA) is 26.3 Å². The molecule has 1 saturated carbocycles. The number of rotatable bonds is 0. The van der Waals surface area contributed by atoms with Crippen LogP contribution in [0.4, 0.5) is 0 Å². The van der Waals surface area contributed by atoms with Gasteiger partial charge in [-0.15, -0.1) is 0 Å². The largest absolute Gasteiger partial charge is 0.453 e. The van der Waals surface area contributed by atoms with Gasteiger partial charge in [-0.25, -0.2) is 0 Å². The Labute approximate surface area is 94.6 Å². The van der Waals surface area contributed by atoms with Crippen molar-refractivity contribution in [1.29, 1.82) is 0 Å². The van der Waals surface area contributed by atoms with Crippen LogP contribution in [0, 0.1) is 11.3 Å². The summed E-state index contributed by atoms with van der Waals surface area (Å²) in [5, 5.41) is 0. The van der Waals surface area contributed by atoms with Gasteiger partial charge in [0, 0.05) is 11.3 Å². The van der Waals surface area contributed by atoms with Crippen LogP contribution in [0.3, 0.4) is 0 Å². The fraction of sp³-hybridized carbons (Fsp3) is 0.500. The third kappa shape index (κ3) is 0.702. The third-order valence-electron chi connectivity index (χ3n) is 5.00. The zero-order chi connectivity index (χ0) is 11.0. The Bertz CT molecular complexity index is 507. The lowest BCUT2D eigenvalue weighted by atomic mass is 9.82. The minimum Gasteiger partial charge on any atom is -0.453 e. The van der Waals surface area contributed by atoms with E-state index in [4.69, 9.17) is 4.74 Å². The summed E-state index contributed by atoms with van der Waals surface area (Å²) in [6.45, 7) is 2.28. The lowest BCUT2D eigenvalue weighted by Gasteiger charge is -2.29. The second kappa shape index (κ2) is 2.34. The molecule has 1 heterocycles. The number of carbonyl (C=O) groups is 1. The zero-order valence-corrected chi connectivity index (χ0v) is 9.32. The van der Waals surface area contributed by atoms with Crippen molar-refractivity contribution in [1.82, 2.24) is 0 Å². The van der Waals surface area contributed by atoms with Crippen LogP contribution >= 0.6 is 0 Å². The minimum absolute atomic E-state index is 0.0146. The molecule has 16 heavy (non-hydrogen) atoms. The van der Waals surface area contributed by atoms with Crippen molar-refractivity contribution in [2.24, 2.45) is 11.3 Å². The van der Waals surface area contributed by atoms with E-state index in [-0.39, 0.29) is 17.0 Å². The van der Waals surface area contributed by atoms with Crippen LogP contribution in [0.5, 0.6) is 0 Å². The van der Waals surface area contributed by atoms with E-state index in [0.29, 0.717) is 12.3 Å². The van der Waals surface area contributed by atoms with Crippen LogP contribution in [0.25, 0.3) is 0 Å². The first-order valence-corrected chi connectivity index (χ1v) is 5.99. The van der Waals surface area contributed by atoms with Gasteiger partial charge in [-0.2, -0.15) is 0 Å². The highest BCUT2D eigenvalue weighted by Gasteiger charge is 2.81. The van der Waals surface area contributed by atoms with Crippen molar-refractivity contribution in [3.63, 3.8) is 0 Å². The Morgan fingerprint density at radius 3 is 3.06 bits per heavy atom. The summed E-state index contributed by atoms with van der Waals surface area (Å²) < 4.78 is 5.72. The van der Waals surface area contributed by atoms with Gasteiger partial charge in [0.15, 0.2) is 0 Å². The first-order valence-electron chi connectivity index (χ1n) is 5.99. The molecule has 1 aliphatic heterocycles. The fourth-order valence-corrected chi connectivity index (χ4v) is 4.09. The number of benzene rings is 1. The van der Waals surface area contributed by atoms with Crippen molar-refractivity contribution in [3.05, 3.63) is 35.4 Å². The van der Waals surface area contributed by atoms with E-state index in [1.54, 1.807) is 0 Å². The summed E-state index contributed by atoms with van der Waals surface area (Å²) in [7, 11) is 0. The summed E-state index contributed by atoms with van der Waals surface area (Å²) in [6.07, 6.45) is 2.90. The van der Waals surface area contributed by atoms with Crippen LogP contribution < -0.4 is 0 Å². The maximum Gasteiger partial charge on any atom is 0.307 e. The molecule has 0 unspecified atom stereocenters. The zero-order valence-electron chi connectivity index (χ0n) is 9.32. The van der Waals surface area contributed by atoms with Gasteiger partial charge >= 0.3 is 5.97 Å². The molecule has 2 nitrogen and oxygen atoms in total. The van der Waals surface area contributed by atoms with Gasteiger partial charge in [-0.05, 0) is 24.0 Å². The lowest BCUT2D eigenvalue weighted by molar-refractivity contribution is -0.150. The van der Waals surface area contributed by atoms with Gasteiger partial charge in [-0.1, -0.05) is 31.2 Å². The van der Waals surface area contributed by atoms with Gasteiger partial charge in [0.1, 0.15) is 5.60 Å². The monoisotopic (exact) mass is 214 g/mol. The Morgan fingerprint density at radius 1 is 1.38 bits per heavy atom. The highest BCUT2D eigenvalue weighted by molar-refractivity contribution is 5.77. The van der Waals surface area contributed by atoms with Crippen LogP contribution in [-0.4, -0.2) is 5.97 Å². The van der Waals surface area contributed by atoms with E-state index in [0.717, 1.165) is 12.8 Å². The molecule has 3 aliphatic rings. The summed E-state index contributed by atoms with van der Waals surface area (Å²) in [6, 6.07) is 8.45. The minimum atomic E-state index is -0.251. The molecule has 82 valence electrons. The predicted molar refractivity (Wildman–Crippen MR) is 58.7 cm³/mol. The van der Waals surface area contributed by atoms with Crippen LogP contribution in [0.1, 0.15) is 30.9 Å². The van der Waals surface area contributed by atoms with Gasteiger partial charge in [0.25, 0.3) is 0 Å². The molecule has 0 aromatic heterocycles. The molecule has 2 fully saturated rings. The van der Waals surface area contributed by atoms with Gasteiger partial charge in [-0.3, -0.25) is 4.79 Å². The van der Waals surface area contributed by atoms with Crippen LogP contribution in [0.2, 0.25) is 0 Å². The van der Waals surface area contributed by atoms with Crippen molar-refractivity contribution in [2.75, 3.05) is 0 Å². The molecule has 0 bridgehead atoms. The number of hydrogen-bond donors (Lipinski definition) is 0. The number of esters is 1. The quantitative estimate of drug-likeness (QED) is 0.620. The van der Waals surface area contributed by atoms with Gasteiger partial charge in [0.05, 0.1) is 6.42 Å². The highest BCUT2D eigenvalue weighted by atomic mass is 16.6. The molecule has 0 radical (unpaired) electrons. The first-order chi connectivity index (χ1) is 7.68. The average Bonchev–Trinajstić information content (AvgIpc) is 2.63. The van der Waals surface area contributed by atoms with E-state index in [1.807, 2.05) is 0 Å². The van der Waals surface area contributed by atoms with E-state index >= 15 is 0 Å².